The minimum Gasteiger partial charge on any atom is -0.458 e. The van der Waals surface area contributed by atoms with E-state index >= 15 is 0 Å². The molecule has 0 aliphatic heterocycles. The quantitative estimate of drug-likeness (QED) is 0.408. The topological polar surface area (TPSA) is 46.5 Å². The number of hydrogen-bond donors (Lipinski definition) is 1. The summed E-state index contributed by atoms with van der Waals surface area (Å²) in [5.41, 5.74) is 1.05. The average Bonchev–Trinajstić information content (AvgIpc) is 2.11. The number of carbonyl (C=O) groups excluding carboxylic acids is 1. The van der Waals surface area contributed by atoms with E-state index in [-0.39, 0.29) is 12.6 Å². The first-order valence-corrected chi connectivity index (χ1v) is 4.14. The summed E-state index contributed by atoms with van der Waals surface area (Å²) in [5, 5.41) is 9.02. The summed E-state index contributed by atoms with van der Waals surface area (Å²) in [6.07, 6.45) is 1.03. The number of ether oxygens (including phenoxy) is 1. The molecule has 3 nitrogen and oxygen atoms in total. The molecule has 0 radical (unpaired) electrons. The summed E-state index contributed by atoms with van der Waals surface area (Å²) in [6, 6.07) is 0. The smallest absolute Gasteiger partial charge is 0.333 e. The van der Waals surface area contributed by atoms with Crippen LogP contribution in [-0.4, -0.2) is 23.8 Å². The number of esters is 1. The van der Waals surface area contributed by atoms with Crippen molar-refractivity contribution in [1.29, 1.82) is 0 Å². The minimum absolute atomic E-state index is 0.0711. The van der Waals surface area contributed by atoms with Gasteiger partial charge in [0.25, 0.3) is 0 Å². The molecule has 0 aromatic rings. The van der Waals surface area contributed by atoms with Crippen molar-refractivity contribution in [1.82, 2.24) is 0 Å². The van der Waals surface area contributed by atoms with Crippen molar-refractivity contribution in [2.75, 3.05) is 6.61 Å². The van der Waals surface area contributed by atoms with Crippen LogP contribution in [0.25, 0.3) is 0 Å². The van der Waals surface area contributed by atoms with Crippen molar-refractivity contribution in [2.24, 2.45) is 0 Å². The third kappa shape index (κ3) is 4.48. The zero-order valence-corrected chi connectivity index (χ0v) is 8.33. The summed E-state index contributed by atoms with van der Waals surface area (Å²) >= 11 is 0. The van der Waals surface area contributed by atoms with Crippen LogP contribution in [0.3, 0.4) is 0 Å². The van der Waals surface area contributed by atoms with Crippen LogP contribution in [0.15, 0.2) is 23.8 Å². The maximum absolute atomic E-state index is 11.1. The van der Waals surface area contributed by atoms with E-state index in [0.29, 0.717) is 11.1 Å². The second kappa shape index (κ2) is 5.54. The van der Waals surface area contributed by atoms with E-state index in [1.807, 2.05) is 0 Å². The van der Waals surface area contributed by atoms with E-state index in [9.17, 15) is 4.79 Å². The number of aliphatic hydroxyl groups is 1. The number of allylic oxidation sites excluding steroid dienone is 1. The molecular formula is C10H16O3. The van der Waals surface area contributed by atoms with Gasteiger partial charge >= 0.3 is 5.97 Å². The predicted molar refractivity (Wildman–Crippen MR) is 51.2 cm³/mol. The molecule has 0 amide bonds. The molecule has 1 atom stereocenters. The van der Waals surface area contributed by atoms with Gasteiger partial charge in [-0.05, 0) is 26.3 Å². The molecule has 3 heteroatoms. The van der Waals surface area contributed by atoms with Crippen molar-refractivity contribution in [3.05, 3.63) is 23.8 Å². The van der Waals surface area contributed by atoms with Gasteiger partial charge < -0.3 is 9.84 Å². The van der Waals surface area contributed by atoms with Gasteiger partial charge in [0, 0.05) is 5.57 Å². The molecule has 1 N–H and O–H groups in total. The summed E-state index contributed by atoms with van der Waals surface area (Å²) in [7, 11) is 0. The number of rotatable bonds is 4. The van der Waals surface area contributed by atoms with Crippen LogP contribution in [0.5, 0.6) is 0 Å². The van der Waals surface area contributed by atoms with Crippen molar-refractivity contribution in [3.63, 3.8) is 0 Å². The molecule has 0 spiro atoms. The molecule has 0 saturated carbocycles. The third-order valence-electron chi connectivity index (χ3n) is 1.73. The van der Waals surface area contributed by atoms with Gasteiger partial charge in [-0.3, -0.25) is 0 Å². The summed E-state index contributed by atoms with van der Waals surface area (Å²) in [5.74, 6) is -0.371. The number of hydrogen-bond acceptors (Lipinski definition) is 3. The van der Waals surface area contributed by atoms with Gasteiger partial charge in [-0.15, -0.1) is 0 Å². The van der Waals surface area contributed by atoms with E-state index in [1.54, 1.807) is 26.8 Å². The zero-order chi connectivity index (χ0) is 10.4. The first-order valence-electron chi connectivity index (χ1n) is 4.14. The van der Waals surface area contributed by atoms with E-state index in [1.165, 1.54) is 0 Å². The highest BCUT2D eigenvalue weighted by Crippen LogP contribution is 2.02. The van der Waals surface area contributed by atoms with Gasteiger partial charge in [0.2, 0.25) is 0 Å². The van der Waals surface area contributed by atoms with Crippen molar-refractivity contribution < 1.29 is 14.6 Å². The highest BCUT2D eigenvalue weighted by atomic mass is 16.5. The molecule has 0 aliphatic carbocycles. The highest BCUT2D eigenvalue weighted by Gasteiger charge is 2.07. The SMILES string of the molecule is C=C(COC(=O)C(C)=CC)C(C)O. The standard InChI is InChI=1S/C10H16O3/c1-5-7(2)10(12)13-6-8(3)9(4)11/h5,9,11H,3,6H2,1-2,4H3. The Morgan fingerprint density at radius 2 is 2.23 bits per heavy atom. The van der Waals surface area contributed by atoms with Gasteiger partial charge in [0.05, 0.1) is 6.10 Å². The summed E-state index contributed by atoms with van der Waals surface area (Å²) in [4.78, 5) is 11.1. The number of carbonyl (C=O) groups is 1. The molecule has 0 heterocycles. The van der Waals surface area contributed by atoms with Gasteiger partial charge in [-0.1, -0.05) is 12.7 Å². The lowest BCUT2D eigenvalue weighted by molar-refractivity contribution is -0.138. The van der Waals surface area contributed by atoms with Gasteiger partial charge in [-0.25, -0.2) is 4.79 Å². The Bertz CT molecular complexity index is 226. The Hall–Kier alpha value is -1.09. The second-order valence-corrected chi connectivity index (χ2v) is 2.88. The third-order valence-corrected chi connectivity index (χ3v) is 1.73. The molecule has 1 unspecified atom stereocenters. The number of aliphatic hydroxyl groups excluding tert-OH is 1. The lowest BCUT2D eigenvalue weighted by Crippen LogP contribution is -2.14. The summed E-state index contributed by atoms with van der Waals surface area (Å²) < 4.78 is 4.85. The molecule has 0 fully saturated rings. The second-order valence-electron chi connectivity index (χ2n) is 2.88. The Labute approximate surface area is 78.7 Å². The summed E-state index contributed by atoms with van der Waals surface area (Å²) in [6.45, 7) is 8.66. The van der Waals surface area contributed by atoms with E-state index in [0.717, 1.165) is 0 Å². The van der Waals surface area contributed by atoms with Crippen LogP contribution >= 0.6 is 0 Å². The van der Waals surface area contributed by atoms with E-state index in [2.05, 4.69) is 6.58 Å². The Morgan fingerprint density at radius 3 is 2.62 bits per heavy atom. The molecule has 0 aromatic heterocycles. The maximum atomic E-state index is 11.1. The fraction of sp³-hybridized carbons (Fsp3) is 0.500. The molecule has 13 heavy (non-hydrogen) atoms. The fourth-order valence-corrected chi connectivity index (χ4v) is 0.511. The Kier molecular flexibility index (Phi) is 5.07. The lowest BCUT2D eigenvalue weighted by Gasteiger charge is -2.09. The van der Waals surface area contributed by atoms with Crippen LogP contribution < -0.4 is 0 Å². The highest BCUT2D eigenvalue weighted by molar-refractivity contribution is 5.87. The van der Waals surface area contributed by atoms with Crippen molar-refractivity contribution in [2.45, 2.75) is 26.9 Å². The minimum atomic E-state index is -0.640. The molecule has 74 valence electrons. The molecular weight excluding hydrogens is 168 g/mol. The van der Waals surface area contributed by atoms with Crippen LogP contribution in [0.2, 0.25) is 0 Å². The van der Waals surface area contributed by atoms with Crippen molar-refractivity contribution >= 4 is 5.97 Å². The fourth-order valence-electron chi connectivity index (χ4n) is 0.511. The first-order chi connectivity index (χ1) is 5.99. The van der Waals surface area contributed by atoms with Gasteiger partial charge in [-0.2, -0.15) is 0 Å². The van der Waals surface area contributed by atoms with Crippen LogP contribution in [0, 0.1) is 0 Å². The van der Waals surface area contributed by atoms with E-state index in [4.69, 9.17) is 9.84 Å². The van der Waals surface area contributed by atoms with Gasteiger partial charge in [0.15, 0.2) is 0 Å². The Balaban J connectivity index is 3.91. The molecule has 0 rings (SSSR count). The predicted octanol–water partition coefficient (Wildman–Crippen LogP) is 1.43. The largest absolute Gasteiger partial charge is 0.458 e. The lowest BCUT2D eigenvalue weighted by atomic mass is 10.2. The van der Waals surface area contributed by atoms with Crippen LogP contribution in [0.1, 0.15) is 20.8 Å². The maximum Gasteiger partial charge on any atom is 0.333 e. The average molecular weight is 184 g/mol. The monoisotopic (exact) mass is 184 g/mol. The van der Waals surface area contributed by atoms with Crippen LogP contribution in [0.4, 0.5) is 0 Å². The van der Waals surface area contributed by atoms with Gasteiger partial charge in [0.1, 0.15) is 6.61 Å². The molecule has 0 bridgehead atoms. The molecule has 0 saturated heterocycles. The van der Waals surface area contributed by atoms with E-state index < -0.39 is 6.10 Å². The Morgan fingerprint density at radius 1 is 1.69 bits per heavy atom. The normalized spacial score (nSPS) is 13.7. The first kappa shape index (κ1) is 11.9. The molecule has 0 aromatic carbocycles. The molecule has 0 aliphatic rings. The van der Waals surface area contributed by atoms with Crippen LogP contribution in [-0.2, 0) is 9.53 Å². The van der Waals surface area contributed by atoms with Crippen molar-refractivity contribution in [3.8, 4) is 0 Å². The zero-order valence-electron chi connectivity index (χ0n) is 8.33.